The Bertz CT molecular complexity index is 699. The Morgan fingerprint density at radius 3 is 2.40 bits per heavy atom. The first-order chi connectivity index (χ1) is 9.20. The average Bonchev–Trinajstić information content (AvgIpc) is 2.33. The lowest BCUT2D eigenvalue weighted by Crippen LogP contribution is -2.36. The minimum absolute atomic E-state index is 0.0576. The molecule has 20 heavy (non-hydrogen) atoms. The van der Waals surface area contributed by atoms with Crippen molar-refractivity contribution in [3.8, 4) is 0 Å². The molecule has 0 spiro atoms. The van der Waals surface area contributed by atoms with E-state index in [9.17, 15) is 16.8 Å². The van der Waals surface area contributed by atoms with Crippen molar-refractivity contribution < 1.29 is 16.8 Å². The number of hydrogen-bond acceptors (Lipinski definition) is 4. The van der Waals surface area contributed by atoms with Gasteiger partial charge in [0.25, 0.3) is 0 Å². The third-order valence-electron chi connectivity index (χ3n) is 3.36. The molecule has 0 bridgehead atoms. The monoisotopic (exact) mass is 381 g/mol. The van der Waals surface area contributed by atoms with Crippen molar-refractivity contribution in [2.24, 2.45) is 0 Å². The lowest BCUT2D eigenvalue weighted by Gasteiger charge is -2.22. The van der Waals surface area contributed by atoms with Crippen molar-refractivity contribution in [1.82, 2.24) is 0 Å². The van der Waals surface area contributed by atoms with Gasteiger partial charge in [-0.3, -0.25) is 4.72 Å². The SMILES string of the molecule is Cc1cc(NS(=O)(=O)C2CCS(=O)(=O)CC2)ccc1Br. The molecule has 1 saturated heterocycles. The quantitative estimate of drug-likeness (QED) is 0.868. The van der Waals surface area contributed by atoms with Crippen LogP contribution in [0.2, 0.25) is 0 Å². The predicted molar refractivity (Wildman–Crippen MR) is 83.1 cm³/mol. The molecule has 112 valence electrons. The lowest BCUT2D eigenvalue weighted by atomic mass is 10.2. The van der Waals surface area contributed by atoms with Gasteiger partial charge in [0.2, 0.25) is 10.0 Å². The molecule has 0 saturated carbocycles. The first-order valence-electron chi connectivity index (χ1n) is 6.18. The van der Waals surface area contributed by atoms with Crippen LogP contribution in [0.25, 0.3) is 0 Å². The van der Waals surface area contributed by atoms with E-state index in [-0.39, 0.29) is 24.3 Å². The fraction of sp³-hybridized carbons (Fsp3) is 0.500. The molecule has 0 amide bonds. The maximum Gasteiger partial charge on any atom is 0.235 e. The molecule has 8 heteroatoms. The van der Waals surface area contributed by atoms with Crippen LogP contribution in [0.5, 0.6) is 0 Å². The summed E-state index contributed by atoms with van der Waals surface area (Å²) in [6.07, 6.45) is 0.320. The highest BCUT2D eigenvalue weighted by atomic mass is 79.9. The zero-order chi connectivity index (χ0) is 15.0. The molecule has 0 unspecified atom stereocenters. The van der Waals surface area contributed by atoms with Gasteiger partial charge in [-0.25, -0.2) is 16.8 Å². The summed E-state index contributed by atoms with van der Waals surface area (Å²) in [5.74, 6) is -0.115. The molecule has 1 aromatic rings. The normalized spacial score (nSPS) is 19.7. The summed E-state index contributed by atoms with van der Waals surface area (Å²) in [6.45, 7) is 1.87. The summed E-state index contributed by atoms with van der Waals surface area (Å²) in [5, 5.41) is -0.644. The van der Waals surface area contributed by atoms with E-state index in [4.69, 9.17) is 0 Å². The molecule has 0 radical (unpaired) electrons. The Kier molecular flexibility index (Phi) is 4.46. The van der Waals surface area contributed by atoms with Crippen LogP contribution < -0.4 is 4.72 Å². The van der Waals surface area contributed by atoms with Crippen molar-refractivity contribution in [2.45, 2.75) is 25.0 Å². The van der Waals surface area contributed by atoms with Gasteiger partial charge in [-0.15, -0.1) is 0 Å². The van der Waals surface area contributed by atoms with Gasteiger partial charge < -0.3 is 0 Å². The Morgan fingerprint density at radius 2 is 1.85 bits per heavy atom. The van der Waals surface area contributed by atoms with Gasteiger partial charge in [0.1, 0.15) is 9.84 Å². The summed E-state index contributed by atoms with van der Waals surface area (Å²) < 4.78 is 50.6. The van der Waals surface area contributed by atoms with Crippen LogP contribution in [0.1, 0.15) is 18.4 Å². The van der Waals surface area contributed by atoms with Crippen molar-refractivity contribution >= 4 is 41.5 Å². The molecular formula is C12H16BrNO4S2. The third-order valence-corrected chi connectivity index (χ3v) is 7.83. The second-order valence-electron chi connectivity index (χ2n) is 4.96. The van der Waals surface area contributed by atoms with E-state index >= 15 is 0 Å². The first kappa shape index (κ1) is 15.8. The van der Waals surface area contributed by atoms with E-state index in [0.717, 1.165) is 10.0 Å². The fourth-order valence-corrected chi connectivity index (χ4v) is 5.65. The maximum absolute atomic E-state index is 12.2. The highest BCUT2D eigenvalue weighted by molar-refractivity contribution is 9.10. The summed E-state index contributed by atoms with van der Waals surface area (Å²) in [7, 11) is -6.61. The molecule has 1 fully saturated rings. The van der Waals surface area contributed by atoms with Crippen LogP contribution in [0.4, 0.5) is 5.69 Å². The first-order valence-corrected chi connectivity index (χ1v) is 10.3. The number of benzene rings is 1. The molecule has 5 nitrogen and oxygen atoms in total. The zero-order valence-electron chi connectivity index (χ0n) is 11.0. The number of hydrogen-bond donors (Lipinski definition) is 1. The number of rotatable bonds is 3. The number of nitrogens with one attached hydrogen (secondary N) is 1. The summed E-state index contributed by atoms with van der Waals surface area (Å²) in [4.78, 5) is 0. The molecule has 1 heterocycles. The standard InChI is InChI=1S/C12H16BrNO4S2/c1-9-8-10(2-3-12(9)13)14-20(17,18)11-4-6-19(15,16)7-5-11/h2-3,8,11,14H,4-7H2,1H3. The lowest BCUT2D eigenvalue weighted by molar-refractivity contribution is 0.555. The van der Waals surface area contributed by atoms with Crippen molar-refractivity contribution in [1.29, 1.82) is 0 Å². The van der Waals surface area contributed by atoms with E-state index in [1.165, 1.54) is 0 Å². The van der Waals surface area contributed by atoms with Gasteiger partial charge in [-0.2, -0.15) is 0 Å². The largest absolute Gasteiger partial charge is 0.283 e. The number of anilines is 1. The molecule has 0 aliphatic carbocycles. The average molecular weight is 382 g/mol. The van der Waals surface area contributed by atoms with E-state index in [2.05, 4.69) is 20.7 Å². The van der Waals surface area contributed by atoms with Crippen molar-refractivity contribution in [2.75, 3.05) is 16.2 Å². The highest BCUT2D eigenvalue weighted by Gasteiger charge is 2.32. The van der Waals surface area contributed by atoms with E-state index in [1.807, 2.05) is 6.92 Å². The summed E-state index contributed by atoms with van der Waals surface area (Å²) in [5.41, 5.74) is 1.43. The minimum Gasteiger partial charge on any atom is -0.283 e. The number of sulfone groups is 1. The Hall–Kier alpha value is -0.600. The smallest absolute Gasteiger partial charge is 0.235 e. The Morgan fingerprint density at radius 1 is 1.25 bits per heavy atom. The molecule has 1 aliphatic heterocycles. The highest BCUT2D eigenvalue weighted by Crippen LogP contribution is 2.24. The Balaban J connectivity index is 2.13. The Labute approximate surface area is 127 Å². The molecule has 1 aliphatic rings. The van der Waals surface area contributed by atoms with Gasteiger partial charge in [0.15, 0.2) is 0 Å². The topological polar surface area (TPSA) is 80.3 Å². The molecule has 1 aromatic carbocycles. The van der Waals surface area contributed by atoms with Crippen molar-refractivity contribution in [3.63, 3.8) is 0 Å². The third kappa shape index (κ3) is 3.73. The summed E-state index contributed by atoms with van der Waals surface area (Å²) in [6, 6.07) is 5.19. The van der Waals surface area contributed by atoms with Crippen molar-refractivity contribution in [3.05, 3.63) is 28.2 Å². The van der Waals surface area contributed by atoms with Gasteiger partial charge in [0, 0.05) is 10.2 Å². The second-order valence-corrected chi connectivity index (χ2v) is 10.1. The van der Waals surface area contributed by atoms with Crippen LogP contribution >= 0.6 is 15.9 Å². The van der Waals surface area contributed by atoms with Crippen LogP contribution in [0.3, 0.4) is 0 Å². The second kappa shape index (κ2) is 5.65. The fourth-order valence-electron chi connectivity index (χ4n) is 2.13. The van der Waals surface area contributed by atoms with Crippen LogP contribution in [0, 0.1) is 6.92 Å². The maximum atomic E-state index is 12.2. The molecule has 0 atom stereocenters. The van der Waals surface area contributed by atoms with Crippen LogP contribution in [-0.2, 0) is 19.9 Å². The van der Waals surface area contributed by atoms with Crippen LogP contribution in [0.15, 0.2) is 22.7 Å². The molecule has 0 aromatic heterocycles. The zero-order valence-corrected chi connectivity index (χ0v) is 14.2. The molecule has 1 N–H and O–H groups in total. The minimum atomic E-state index is -3.55. The van der Waals surface area contributed by atoms with E-state index < -0.39 is 25.1 Å². The van der Waals surface area contributed by atoms with E-state index in [1.54, 1.807) is 18.2 Å². The van der Waals surface area contributed by atoms with E-state index in [0.29, 0.717) is 5.69 Å². The van der Waals surface area contributed by atoms with Gasteiger partial charge >= 0.3 is 0 Å². The number of aryl methyl sites for hydroxylation is 1. The van der Waals surface area contributed by atoms with Gasteiger partial charge in [-0.1, -0.05) is 15.9 Å². The van der Waals surface area contributed by atoms with Crippen LogP contribution in [-0.4, -0.2) is 33.6 Å². The molecule has 2 rings (SSSR count). The number of halogens is 1. The van der Waals surface area contributed by atoms with Gasteiger partial charge in [-0.05, 0) is 43.5 Å². The summed E-state index contributed by atoms with van der Waals surface area (Å²) >= 11 is 3.35. The van der Waals surface area contributed by atoms with Gasteiger partial charge in [0.05, 0.1) is 16.8 Å². The predicted octanol–water partition coefficient (Wildman–Crippen LogP) is 2.08. The number of sulfonamides is 1. The molecular weight excluding hydrogens is 366 g/mol.